The molecule has 0 saturated carbocycles. The first-order valence-corrected chi connectivity index (χ1v) is 5.85. The van der Waals surface area contributed by atoms with Crippen molar-refractivity contribution in [1.82, 2.24) is 4.90 Å². The summed E-state index contributed by atoms with van der Waals surface area (Å²) in [5, 5.41) is 0.604. The molecule has 1 aromatic rings. The Balaban J connectivity index is 2.38. The maximum absolute atomic E-state index is 11.8. The summed E-state index contributed by atoms with van der Waals surface area (Å²) in [4.78, 5) is 13.3. The summed E-state index contributed by atoms with van der Waals surface area (Å²) in [5.41, 5.74) is 1.42. The van der Waals surface area contributed by atoms with Crippen LogP contribution in [0.1, 0.15) is 19.4 Å². The second-order valence-electron chi connectivity index (χ2n) is 4.46. The quantitative estimate of drug-likeness (QED) is 0.801. The molecule has 3 nitrogen and oxygen atoms in total. The van der Waals surface area contributed by atoms with Crippen LogP contribution in [0.15, 0.2) is 24.8 Å². The highest BCUT2D eigenvalue weighted by Gasteiger charge is 2.28. The number of amides is 1. The molecule has 0 aromatic heterocycles. The number of fused-ring (bicyclic) bond motifs is 1. The third-order valence-electron chi connectivity index (χ3n) is 2.54. The predicted octanol–water partition coefficient (Wildman–Crippen LogP) is 3.78. The number of benzene rings is 1. The summed E-state index contributed by atoms with van der Waals surface area (Å²) in [6.07, 6.45) is -0.376. The van der Waals surface area contributed by atoms with Gasteiger partial charge in [0, 0.05) is 17.1 Å². The van der Waals surface area contributed by atoms with Crippen molar-refractivity contribution in [2.24, 2.45) is 5.92 Å². The molecule has 17 heavy (non-hydrogen) atoms. The van der Waals surface area contributed by atoms with Gasteiger partial charge in [-0.3, -0.25) is 4.90 Å². The lowest BCUT2D eigenvalue weighted by atomic mass is 10.1. The predicted molar refractivity (Wildman–Crippen MR) is 68.1 cm³/mol. The summed E-state index contributed by atoms with van der Waals surface area (Å²) < 4.78 is 5.24. The van der Waals surface area contributed by atoms with E-state index in [4.69, 9.17) is 16.3 Å². The first-order valence-electron chi connectivity index (χ1n) is 5.47. The summed E-state index contributed by atoms with van der Waals surface area (Å²) >= 11 is 5.93. The third kappa shape index (κ3) is 2.29. The van der Waals surface area contributed by atoms with E-state index < -0.39 is 0 Å². The highest BCUT2D eigenvalue weighted by Crippen LogP contribution is 2.35. The zero-order valence-corrected chi connectivity index (χ0v) is 10.6. The Morgan fingerprint density at radius 1 is 1.47 bits per heavy atom. The lowest BCUT2D eigenvalue weighted by Gasteiger charge is -2.31. The third-order valence-corrected chi connectivity index (χ3v) is 2.78. The minimum atomic E-state index is -0.376. The van der Waals surface area contributed by atoms with E-state index in [0.717, 1.165) is 5.56 Å². The molecule has 0 atom stereocenters. The van der Waals surface area contributed by atoms with E-state index in [1.54, 1.807) is 23.1 Å². The Labute approximate surface area is 106 Å². The molecule has 2 rings (SSSR count). The number of carbonyl (C=O) groups excluding carboxylic acids is 1. The van der Waals surface area contributed by atoms with E-state index in [1.807, 2.05) is 13.8 Å². The number of hydrogen-bond acceptors (Lipinski definition) is 2. The molecule has 1 aliphatic rings. The molecule has 0 N–H and O–H groups in total. The molecular formula is C13H14ClNO2. The van der Waals surface area contributed by atoms with Crippen molar-refractivity contribution in [2.75, 3.05) is 6.54 Å². The summed E-state index contributed by atoms with van der Waals surface area (Å²) in [6.45, 7) is 8.61. The smallest absolute Gasteiger partial charge is 0.409 e. The molecule has 0 bridgehead atoms. The molecule has 0 aliphatic carbocycles. The Kier molecular flexibility index (Phi) is 3.11. The summed E-state index contributed by atoms with van der Waals surface area (Å²) in [6, 6.07) is 5.14. The van der Waals surface area contributed by atoms with Gasteiger partial charge in [0.15, 0.2) is 0 Å². The molecule has 4 heteroatoms. The second kappa shape index (κ2) is 4.41. The number of halogens is 1. The first-order chi connectivity index (χ1) is 7.99. The van der Waals surface area contributed by atoms with Crippen LogP contribution >= 0.6 is 11.6 Å². The Morgan fingerprint density at radius 3 is 2.82 bits per heavy atom. The molecule has 1 amide bonds. The zero-order valence-electron chi connectivity index (χ0n) is 9.87. The van der Waals surface area contributed by atoms with E-state index in [2.05, 4.69) is 6.58 Å². The molecule has 1 aliphatic heterocycles. The Morgan fingerprint density at radius 2 is 2.18 bits per heavy atom. The minimum Gasteiger partial charge on any atom is -0.409 e. The van der Waals surface area contributed by atoms with Gasteiger partial charge >= 0.3 is 6.09 Å². The normalized spacial score (nSPS) is 14.9. The van der Waals surface area contributed by atoms with Crippen molar-refractivity contribution in [2.45, 2.75) is 13.8 Å². The average Bonchev–Trinajstić information content (AvgIpc) is 2.25. The van der Waals surface area contributed by atoms with Crippen LogP contribution in [0, 0.1) is 5.92 Å². The maximum Gasteiger partial charge on any atom is 0.419 e. The molecule has 0 spiro atoms. The molecule has 0 saturated heterocycles. The number of carbonyl (C=O) groups is 1. The minimum absolute atomic E-state index is 0.347. The van der Waals surface area contributed by atoms with Gasteiger partial charge in [-0.1, -0.05) is 32.0 Å². The number of rotatable bonds is 2. The fourth-order valence-corrected chi connectivity index (χ4v) is 1.94. The summed E-state index contributed by atoms with van der Waals surface area (Å²) in [7, 11) is 0. The van der Waals surface area contributed by atoms with Crippen LogP contribution in [0.5, 0.6) is 5.75 Å². The van der Waals surface area contributed by atoms with Crippen LogP contribution in [0.2, 0.25) is 5.02 Å². The molecule has 0 fully saturated rings. The molecule has 1 aromatic carbocycles. The van der Waals surface area contributed by atoms with Crippen LogP contribution in [-0.2, 0) is 0 Å². The maximum atomic E-state index is 11.8. The first kappa shape index (κ1) is 12.0. The lowest BCUT2D eigenvalue weighted by molar-refractivity contribution is 0.164. The highest BCUT2D eigenvalue weighted by molar-refractivity contribution is 6.30. The highest BCUT2D eigenvalue weighted by atomic mass is 35.5. The molecule has 1 heterocycles. The fraction of sp³-hybridized carbons (Fsp3) is 0.308. The van der Waals surface area contributed by atoms with E-state index in [9.17, 15) is 4.79 Å². The van der Waals surface area contributed by atoms with E-state index in [1.165, 1.54) is 0 Å². The zero-order chi connectivity index (χ0) is 12.6. The van der Waals surface area contributed by atoms with Crippen LogP contribution in [-0.4, -0.2) is 17.5 Å². The van der Waals surface area contributed by atoms with Crippen molar-refractivity contribution in [3.63, 3.8) is 0 Å². The molecule has 0 radical (unpaired) electrons. The number of nitrogens with zero attached hydrogens (tertiary/aromatic N) is 1. The van der Waals surface area contributed by atoms with Crippen molar-refractivity contribution >= 4 is 23.4 Å². The van der Waals surface area contributed by atoms with Crippen LogP contribution < -0.4 is 4.74 Å². The average molecular weight is 252 g/mol. The van der Waals surface area contributed by atoms with E-state index >= 15 is 0 Å². The van der Waals surface area contributed by atoms with Crippen molar-refractivity contribution in [3.05, 3.63) is 35.4 Å². The lowest BCUT2D eigenvalue weighted by Crippen LogP contribution is -2.37. The SMILES string of the molecule is C=C1c2cc(Cl)ccc2OC(=O)N1CC(C)C. The van der Waals surface area contributed by atoms with Gasteiger partial charge in [-0.05, 0) is 24.1 Å². The van der Waals surface area contributed by atoms with Gasteiger partial charge in [0.2, 0.25) is 0 Å². The Bertz CT molecular complexity index is 482. The topological polar surface area (TPSA) is 29.5 Å². The van der Waals surface area contributed by atoms with Crippen molar-refractivity contribution < 1.29 is 9.53 Å². The van der Waals surface area contributed by atoms with Gasteiger partial charge in [-0.25, -0.2) is 4.79 Å². The van der Waals surface area contributed by atoms with Gasteiger partial charge in [0.25, 0.3) is 0 Å². The van der Waals surface area contributed by atoms with Crippen LogP contribution in [0.25, 0.3) is 5.70 Å². The second-order valence-corrected chi connectivity index (χ2v) is 4.90. The van der Waals surface area contributed by atoms with E-state index in [-0.39, 0.29) is 6.09 Å². The largest absolute Gasteiger partial charge is 0.419 e. The molecular weight excluding hydrogens is 238 g/mol. The van der Waals surface area contributed by atoms with Gasteiger partial charge in [-0.2, -0.15) is 0 Å². The monoisotopic (exact) mass is 251 g/mol. The summed E-state index contributed by atoms with van der Waals surface area (Å²) in [5.74, 6) is 0.865. The van der Waals surface area contributed by atoms with Gasteiger partial charge < -0.3 is 4.74 Å². The van der Waals surface area contributed by atoms with E-state index in [0.29, 0.717) is 28.9 Å². The van der Waals surface area contributed by atoms with Crippen molar-refractivity contribution in [3.8, 4) is 5.75 Å². The molecule has 0 unspecified atom stereocenters. The van der Waals surface area contributed by atoms with Gasteiger partial charge in [-0.15, -0.1) is 0 Å². The van der Waals surface area contributed by atoms with Crippen molar-refractivity contribution in [1.29, 1.82) is 0 Å². The van der Waals surface area contributed by atoms with Crippen LogP contribution in [0.3, 0.4) is 0 Å². The standard InChI is InChI=1S/C13H14ClNO2/c1-8(2)7-15-9(3)11-6-10(14)4-5-12(11)17-13(15)16/h4-6,8H,3,7H2,1-2H3. The van der Waals surface area contributed by atoms with Gasteiger partial charge in [0.1, 0.15) is 5.75 Å². The van der Waals surface area contributed by atoms with Gasteiger partial charge in [0.05, 0.1) is 5.70 Å². The molecule has 90 valence electrons. The number of hydrogen-bond donors (Lipinski definition) is 0. The van der Waals surface area contributed by atoms with Crippen LogP contribution in [0.4, 0.5) is 4.79 Å². The Hall–Kier alpha value is -1.48. The fourth-order valence-electron chi connectivity index (χ4n) is 1.77. The number of ether oxygens (including phenoxy) is 1.